The lowest BCUT2D eigenvalue weighted by molar-refractivity contribution is -0.142. The molecule has 0 bridgehead atoms. The van der Waals surface area contributed by atoms with Crippen LogP contribution in [0.2, 0.25) is 0 Å². The van der Waals surface area contributed by atoms with Gasteiger partial charge in [0.1, 0.15) is 0 Å². The minimum Gasteiger partial charge on any atom is -0.481 e. The van der Waals surface area contributed by atoms with Crippen LogP contribution in [0.1, 0.15) is 71.6 Å². The molecule has 4 nitrogen and oxygen atoms in total. The van der Waals surface area contributed by atoms with Crippen molar-refractivity contribution in [3.8, 4) is 0 Å². The predicted octanol–water partition coefficient (Wildman–Crippen LogP) is 3.95. The van der Waals surface area contributed by atoms with Crippen molar-refractivity contribution in [2.24, 2.45) is 10.9 Å². The molecule has 122 valence electrons. The third-order valence-electron chi connectivity index (χ3n) is 4.32. The van der Waals surface area contributed by atoms with Crippen molar-refractivity contribution < 1.29 is 9.90 Å². The summed E-state index contributed by atoms with van der Waals surface area (Å²) in [4.78, 5) is 17.5. The molecule has 0 aromatic rings. The Kier molecular flexibility index (Phi) is 9.11. The number of nitrogens with zero attached hydrogens (tertiary/aromatic N) is 2. The summed E-state index contributed by atoms with van der Waals surface area (Å²) < 4.78 is 0. The first-order valence-electron chi connectivity index (χ1n) is 8.70. The number of carbonyl (C=O) groups is 1. The average molecular weight is 296 g/mol. The van der Waals surface area contributed by atoms with Gasteiger partial charge in [0, 0.05) is 26.1 Å². The molecule has 1 atom stereocenters. The van der Waals surface area contributed by atoms with E-state index in [0.29, 0.717) is 0 Å². The highest BCUT2D eigenvalue weighted by Crippen LogP contribution is 2.15. The van der Waals surface area contributed by atoms with Gasteiger partial charge in [-0.25, -0.2) is 0 Å². The Balaban J connectivity index is 0.000000212. The molecule has 0 spiro atoms. The van der Waals surface area contributed by atoms with Crippen LogP contribution in [0.15, 0.2) is 4.99 Å². The third kappa shape index (κ3) is 6.96. The van der Waals surface area contributed by atoms with Crippen LogP contribution in [0, 0.1) is 5.92 Å². The highest BCUT2D eigenvalue weighted by Gasteiger charge is 2.16. The smallest absolute Gasteiger partial charge is 0.306 e. The molecule has 0 aromatic heterocycles. The Labute approximate surface area is 129 Å². The summed E-state index contributed by atoms with van der Waals surface area (Å²) in [6.07, 6.45) is 10.3. The van der Waals surface area contributed by atoms with Gasteiger partial charge in [0.05, 0.1) is 11.8 Å². The molecule has 1 unspecified atom stereocenters. The molecule has 0 radical (unpaired) electrons. The van der Waals surface area contributed by atoms with Gasteiger partial charge in [0.15, 0.2) is 0 Å². The zero-order valence-corrected chi connectivity index (χ0v) is 13.8. The monoisotopic (exact) mass is 296 g/mol. The molecular formula is C17H32N2O2. The SMILES string of the molecule is C1CCC2=NCCCN2CC1.CCCCC(CC)C(=O)O. The molecule has 1 N–H and O–H groups in total. The number of aliphatic imine (C=N–C) groups is 1. The number of rotatable bonds is 5. The number of hydrogen-bond donors (Lipinski definition) is 1. The van der Waals surface area contributed by atoms with E-state index in [0.717, 1.165) is 32.2 Å². The fourth-order valence-corrected chi connectivity index (χ4v) is 2.89. The maximum absolute atomic E-state index is 10.4. The van der Waals surface area contributed by atoms with Gasteiger partial charge in [-0.1, -0.05) is 33.1 Å². The Bertz CT molecular complexity index is 329. The van der Waals surface area contributed by atoms with Crippen molar-refractivity contribution in [1.82, 2.24) is 4.90 Å². The van der Waals surface area contributed by atoms with Crippen LogP contribution in [0.3, 0.4) is 0 Å². The fourth-order valence-electron chi connectivity index (χ4n) is 2.89. The number of hydrogen-bond acceptors (Lipinski definition) is 3. The van der Waals surface area contributed by atoms with E-state index in [1.807, 2.05) is 6.92 Å². The van der Waals surface area contributed by atoms with Crippen LogP contribution in [0.25, 0.3) is 0 Å². The second-order valence-electron chi connectivity index (χ2n) is 6.03. The van der Waals surface area contributed by atoms with Crippen LogP contribution in [-0.2, 0) is 4.79 Å². The quantitative estimate of drug-likeness (QED) is 0.835. The summed E-state index contributed by atoms with van der Waals surface area (Å²) in [5, 5.41) is 8.60. The molecule has 4 heteroatoms. The normalized spacial score (nSPS) is 19.5. The largest absolute Gasteiger partial charge is 0.481 e. The maximum Gasteiger partial charge on any atom is 0.306 e. The minimum atomic E-state index is -0.643. The lowest BCUT2D eigenvalue weighted by Crippen LogP contribution is -2.34. The molecule has 0 saturated carbocycles. The van der Waals surface area contributed by atoms with E-state index in [-0.39, 0.29) is 5.92 Å². The van der Waals surface area contributed by atoms with E-state index < -0.39 is 5.97 Å². The van der Waals surface area contributed by atoms with Gasteiger partial charge in [-0.3, -0.25) is 9.79 Å². The van der Waals surface area contributed by atoms with Crippen molar-refractivity contribution in [2.75, 3.05) is 19.6 Å². The molecule has 2 heterocycles. The van der Waals surface area contributed by atoms with Crippen molar-refractivity contribution >= 4 is 11.8 Å². The topological polar surface area (TPSA) is 52.9 Å². The molecule has 21 heavy (non-hydrogen) atoms. The first kappa shape index (κ1) is 18.0. The highest BCUT2D eigenvalue weighted by molar-refractivity contribution is 5.83. The predicted molar refractivity (Wildman–Crippen MR) is 87.9 cm³/mol. The van der Waals surface area contributed by atoms with Gasteiger partial charge in [-0.15, -0.1) is 0 Å². The standard InChI is InChI=1S/C9H16N2.C8H16O2/c1-2-5-9-10-6-4-8-11(9)7-3-1;1-3-5-6-7(4-2)8(9)10/h1-8H2;7H,3-6H2,1-2H3,(H,9,10). The van der Waals surface area contributed by atoms with E-state index in [4.69, 9.17) is 5.11 Å². The first-order chi connectivity index (χ1) is 10.2. The summed E-state index contributed by atoms with van der Waals surface area (Å²) in [5.74, 6) is 0.643. The number of amidine groups is 1. The van der Waals surface area contributed by atoms with Gasteiger partial charge in [-0.2, -0.15) is 0 Å². The van der Waals surface area contributed by atoms with Crippen LogP contribution < -0.4 is 0 Å². The van der Waals surface area contributed by atoms with Gasteiger partial charge < -0.3 is 10.0 Å². The van der Waals surface area contributed by atoms with E-state index >= 15 is 0 Å². The number of carboxylic acids is 1. The van der Waals surface area contributed by atoms with Crippen LogP contribution in [-0.4, -0.2) is 41.4 Å². The van der Waals surface area contributed by atoms with E-state index in [2.05, 4.69) is 16.8 Å². The molecule has 0 aliphatic carbocycles. The zero-order chi connectivity index (χ0) is 15.5. The van der Waals surface area contributed by atoms with Crippen molar-refractivity contribution in [3.05, 3.63) is 0 Å². The molecular weight excluding hydrogens is 264 g/mol. The van der Waals surface area contributed by atoms with Crippen molar-refractivity contribution in [2.45, 2.75) is 71.6 Å². The maximum atomic E-state index is 10.4. The Hall–Kier alpha value is -1.06. The average Bonchev–Trinajstić information content (AvgIpc) is 2.73. The molecule has 1 saturated heterocycles. The first-order valence-corrected chi connectivity index (χ1v) is 8.70. The lowest BCUT2D eigenvalue weighted by atomic mass is 10.00. The van der Waals surface area contributed by atoms with Crippen LogP contribution in [0.5, 0.6) is 0 Å². The molecule has 0 amide bonds. The van der Waals surface area contributed by atoms with Crippen molar-refractivity contribution in [1.29, 1.82) is 0 Å². The molecule has 2 rings (SSSR count). The zero-order valence-electron chi connectivity index (χ0n) is 13.8. The molecule has 0 aromatic carbocycles. The van der Waals surface area contributed by atoms with Crippen LogP contribution in [0.4, 0.5) is 0 Å². The second kappa shape index (κ2) is 10.6. The van der Waals surface area contributed by atoms with Gasteiger partial charge in [-0.05, 0) is 32.1 Å². The van der Waals surface area contributed by atoms with Gasteiger partial charge in [0.2, 0.25) is 0 Å². The number of aliphatic carboxylic acids is 1. The Morgan fingerprint density at radius 3 is 2.67 bits per heavy atom. The van der Waals surface area contributed by atoms with Crippen LogP contribution >= 0.6 is 0 Å². The Morgan fingerprint density at radius 2 is 2.00 bits per heavy atom. The minimum absolute atomic E-state index is 0.111. The number of fused-ring (bicyclic) bond motifs is 1. The molecule has 1 fully saturated rings. The lowest BCUT2D eigenvalue weighted by Gasteiger charge is -2.27. The number of unbranched alkanes of at least 4 members (excludes halogenated alkanes) is 1. The molecule has 2 aliphatic heterocycles. The summed E-state index contributed by atoms with van der Waals surface area (Å²) >= 11 is 0. The summed E-state index contributed by atoms with van der Waals surface area (Å²) in [6.45, 7) is 7.60. The fraction of sp³-hybridized carbons (Fsp3) is 0.882. The van der Waals surface area contributed by atoms with E-state index in [1.54, 1.807) is 0 Å². The summed E-state index contributed by atoms with van der Waals surface area (Å²) in [6, 6.07) is 0. The third-order valence-corrected chi connectivity index (χ3v) is 4.32. The Morgan fingerprint density at radius 1 is 1.24 bits per heavy atom. The summed E-state index contributed by atoms with van der Waals surface area (Å²) in [5.41, 5.74) is 0. The molecule has 2 aliphatic rings. The summed E-state index contributed by atoms with van der Waals surface area (Å²) in [7, 11) is 0. The van der Waals surface area contributed by atoms with Gasteiger partial charge >= 0.3 is 5.97 Å². The highest BCUT2D eigenvalue weighted by atomic mass is 16.4. The number of carboxylic acid groups (broad SMARTS) is 1. The second-order valence-corrected chi connectivity index (χ2v) is 6.03. The van der Waals surface area contributed by atoms with E-state index in [9.17, 15) is 4.79 Å². The van der Waals surface area contributed by atoms with Gasteiger partial charge in [0.25, 0.3) is 0 Å². The van der Waals surface area contributed by atoms with Crippen molar-refractivity contribution in [3.63, 3.8) is 0 Å². The van der Waals surface area contributed by atoms with E-state index in [1.165, 1.54) is 51.0 Å².